The quantitative estimate of drug-likeness (QED) is 0.710. The molecule has 5 nitrogen and oxygen atoms in total. The van der Waals surface area contributed by atoms with Gasteiger partial charge in [0.05, 0.1) is 29.4 Å². The van der Waals surface area contributed by atoms with E-state index in [9.17, 15) is 4.79 Å². The molecule has 0 aliphatic carbocycles. The Balaban J connectivity index is 1.57. The first-order chi connectivity index (χ1) is 12.7. The molecule has 0 aliphatic heterocycles. The normalized spacial score (nSPS) is 10.2. The predicted molar refractivity (Wildman–Crippen MR) is 102 cm³/mol. The van der Waals surface area contributed by atoms with Crippen molar-refractivity contribution in [3.05, 3.63) is 64.5 Å². The zero-order valence-electron chi connectivity index (χ0n) is 14.2. The molecule has 0 radical (unpaired) electrons. The fourth-order valence-electron chi connectivity index (χ4n) is 2.43. The summed E-state index contributed by atoms with van der Waals surface area (Å²) in [7, 11) is 1.64. The summed E-state index contributed by atoms with van der Waals surface area (Å²) in [6.45, 7) is 0. The van der Waals surface area contributed by atoms with Gasteiger partial charge in [-0.25, -0.2) is 4.98 Å². The van der Waals surface area contributed by atoms with Crippen molar-refractivity contribution in [3.8, 4) is 23.1 Å². The number of nitrogens with one attached hydrogen (secondary N) is 1. The van der Waals surface area contributed by atoms with Gasteiger partial charge in [0.25, 0.3) is 0 Å². The Labute approximate surface area is 155 Å². The number of benzene rings is 2. The van der Waals surface area contributed by atoms with Gasteiger partial charge >= 0.3 is 0 Å². The van der Waals surface area contributed by atoms with E-state index in [0.29, 0.717) is 24.1 Å². The largest absolute Gasteiger partial charge is 0.497 e. The van der Waals surface area contributed by atoms with Crippen molar-refractivity contribution in [3.63, 3.8) is 0 Å². The second-order valence-electron chi connectivity index (χ2n) is 5.60. The minimum Gasteiger partial charge on any atom is -0.497 e. The van der Waals surface area contributed by atoms with Gasteiger partial charge in [0.2, 0.25) is 5.91 Å². The molecule has 1 amide bonds. The van der Waals surface area contributed by atoms with Crippen LogP contribution in [0.25, 0.3) is 11.3 Å². The molecule has 0 spiro atoms. The number of ether oxygens (including phenoxy) is 1. The second kappa shape index (κ2) is 8.28. The summed E-state index contributed by atoms with van der Waals surface area (Å²) in [4.78, 5) is 16.7. The SMILES string of the molecule is COc1ccc(-c2csc(CCC(=O)Nc3cccc(C#N)c3)n2)cc1. The minimum absolute atomic E-state index is 0.0960. The Morgan fingerprint density at radius 2 is 2.08 bits per heavy atom. The van der Waals surface area contributed by atoms with Crippen molar-refractivity contribution in [1.82, 2.24) is 4.98 Å². The molecule has 26 heavy (non-hydrogen) atoms. The highest BCUT2D eigenvalue weighted by Crippen LogP contribution is 2.24. The molecule has 0 aliphatic rings. The van der Waals surface area contributed by atoms with Crippen LogP contribution < -0.4 is 10.1 Å². The fourth-order valence-corrected chi connectivity index (χ4v) is 3.24. The first-order valence-corrected chi connectivity index (χ1v) is 8.95. The average Bonchev–Trinajstić information content (AvgIpc) is 3.15. The van der Waals surface area contributed by atoms with Crippen molar-refractivity contribution in [2.45, 2.75) is 12.8 Å². The van der Waals surface area contributed by atoms with Gasteiger partial charge in [-0.15, -0.1) is 11.3 Å². The molecule has 0 atom stereocenters. The first-order valence-electron chi connectivity index (χ1n) is 8.07. The van der Waals surface area contributed by atoms with Crippen LogP contribution in [0.5, 0.6) is 5.75 Å². The number of rotatable bonds is 6. The molecule has 1 N–H and O–H groups in total. The van der Waals surface area contributed by atoms with Crippen LogP contribution in [0.4, 0.5) is 5.69 Å². The van der Waals surface area contributed by atoms with Gasteiger partial charge in [-0.2, -0.15) is 5.26 Å². The van der Waals surface area contributed by atoms with Crippen molar-refractivity contribution in [2.75, 3.05) is 12.4 Å². The summed E-state index contributed by atoms with van der Waals surface area (Å²) in [5.41, 5.74) is 3.07. The fraction of sp³-hybridized carbons (Fsp3) is 0.150. The van der Waals surface area contributed by atoms with Crippen LogP contribution in [0.2, 0.25) is 0 Å². The van der Waals surface area contributed by atoms with Crippen LogP contribution >= 0.6 is 11.3 Å². The lowest BCUT2D eigenvalue weighted by Crippen LogP contribution is -2.12. The van der Waals surface area contributed by atoms with E-state index in [1.807, 2.05) is 29.6 Å². The number of methoxy groups -OCH3 is 1. The molecule has 0 fully saturated rings. The van der Waals surface area contributed by atoms with E-state index in [0.717, 1.165) is 22.0 Å². The van der Waals surface area contributed by atoms with Gasteiger partial charge in [0, 0.05) is 29.5 Å². The summed E-state index contributed by atoms with van der Waals surface area (Å²) in [6, 6.07) is 16.7. The van der Waals surface area contributed by atoms with Gasteiger partial charge in [-0.05, 0) is 42.5 Å². The van der Waals surface area contributed by atoms with Crippen LogP contribution in [0.15, 0.2) is 53.9 Å². The Hall–Kier alpha value is -3.17. The number of hydrogen-bond acceptors (Lipinski definition) is 5. The van der Waals surface area contributed by atoms with Gasteiger partial charge in [-0.1, -0.05) is 6.07 Å². The minimum atomic E-state index is -0.0960. The van der Waals surface area contributed by atoms with E-state index in [-0.39, 0.29) is 5.91 Å². The van der Waals surface area contributed by atoms with E-state index in [1.54, 1.807) is 42.7 Å². The summed E-state index contributed by atoms with van der Waals surface area (Å²) in [5.74, 6) is 0.711. The predicted octanol–water partition coefficient (Wildman–Crippen LogP) is 4.26. The zero-order chi connectivity index (χ0) is 18.4. The summed E-state index contributed by atoms with van der Waals surface area (Å²) >= 11 is 1.54. The number of carbonyl (C=O) groups is 1. The molecule has 130 valence electrons. The highest BCUT2D eigenvalue weighted by molar-refractivity contribution is 7.09. The van der Waals surface area contributed by atoms with Gasteiger partial charge in [0.15, 0.2) is 0 Å². The number of nitriles is 1. The number of carbonyl (C=O) groups excluding carboxylic acids is 1. The molecule has 6 heteroatoms. The van der Waals surface area contributed by atoms with E-state index in [4.69, 9.17) is 10.00 Å². The molecule has 3 rings (SSSR count). The third kappa shape index (κ3) is 4.47. The Morgan fingerprint density at radius 1 is 1.27 bits per heavy atom. The van der Waals surface area contributed by atoms with Gasteiger partial charge in [-0.3, -0.25) is 4.79 Å². The van der Waals surface area contributed by atoms with Crippen LogP contribution in [-0.4, -0.2) is 18.0 Å². The van der Waals surface area contributed by atoms with Gasteiger partial charge < -0.3 is 10.1 Å². The van der Waals surface area contributed by atoms with Crippen molar-refractivity contribution >= 4 is 22.9 Å². The average molecular weight is 363 g/mol. The van der Waals surface area contributed by atoms with E-state index < -0.39 is 0 Å². The molecule has 2 aromatic carbocycles. The first kappa shape index (κ1) is 17.6. The Morgan fingerprint density at radius 3 is 2.81 bits per heavy atom. The number of aryl methyl sites for hydroxylation is 1. The van der Waals surface area contributed by atoms with Crippen LogP contribution in [-0.2, 0) is 11.2 Å². The zero-order valence-corrected chi connectivity index (χ0v) is 15.0. The molecular weight excluding hydrogens is 346 g/mol. The third-order valence-electron chi connectivity index (χ3n) is 3.78. The Bertz CT molecular complexity index is 942. The number of thiazole rings is 1. The molecule has 1 aromatic heterocycles. The maximum absolute atomic E-state index is 12.1. The molecule has 0 saturated heterocycles. The van der Waals surface area contributed by atoms with Gasteiger partial charge in [0.1, 0.15) is 5.75 Å². The lowest BCUT2D eigenvalue weighted by molar-refractivity contribution is -0.116. The number of aromatic nitrogens is 1. The molecular formula is C20H17N3O2S. The number of nitrogens with zero attached hydrogens (tertiary/aromatic N) is 2. The third-order valence-corrected chi connectivity index (χ3v) is 4.69. The monoisotopic (exact) mass is 363 g/mol. The van der Waals surface area contributed by atoms with E-state index in [1.165, 1.54) is 0 Å². The lowest BCUT2D eigenvalue weighted by atomic mass is 10.2. The molecule has 3 aromatic rings. The second-order valence-corrected chi connectivity index (χ2v) is 6.54. The standard InChI is InChI=1S/C20H17N3O2S/c1-25-17-7-5-15(6-8-17)18-13-26-20(23-18)10-9-19(24)22-16-4-2-3-14(11-16)12-21/h2-8,11,13H,9-10H2,1H3,(H,22,24). The van der Waals surface area contributed by atoms with Crippen molar-refractivity contribution in [2.24, 2.45) is 0 Å². The summed E-state index contributed by atoms with van der Waals surface area (Å²) in [5, 5.41) is 14.6. The summed E-state index contributed by atoms with van der Waals surface area (Å²) in [6.07, 6.45) is 0.914. The molecule has 0 unspecified atom stereocenters. The highest BCUT2D eigenvalue weighted by Gasteiger charge is 2.08. The van der Waals surface area contributed by atoms with Crippen molar-refractivity contribution < 1.29 is 9.53 Å². The highest BCUT2D eigenvalue weighted by atomic mass is 32.1. The van der Waals surface area contributed by atoms with Crippen LogP contribution in [0, 0.1) is 11.3 Å². The van der Waals surface area contributed by atoms with Crippen molar-refractivity contribution in [1.29, 1.82) is 5.26 Å². The number of anilines is 1. The lowest BCUT2D eigenvalue weighted by Gasteiger charge is -2.04. The molecule has 0 bridgehead atoms. The summed E-state index contributed by atoms with van der Waals surface area (Å²) < 4.78 is 5.16. The topological polar surface area (TPSA) is 75.0 Å². The molecule has 0 saturated carbocycles. The maximum atomic E-state index is 12.1. The Kier molecular flexibility index (Phi) is 5.62. The number of hydrogen-bond donors (Lipinski definition) is 1. The van der Waals surface area contributed by atoms with E-state index >= 15 is 0 Å². The number of amides is 1. The van der Waals surface area contributed by atoms with Crippen LogP contribution in [0.3, 0.4) is 0 Å². The maximum Gasteiger partial charge on any atom is 0.224 e. The van der Waals surface area contributed by atoms with Crippen LogP contribution in [0.1, 0.15) is 17.0 Å². The smallest absolute Gasteiger partial charge is 0.224 e. The van der Waals surface area contributed by atoms with E-state index in [2.05, 4.69) is 16.4 Å². The molecule has 1 heterocycles.